The molecule has 0 unspecified atom stereocenters. The number of carbonyl (C=O) groups is 3. The topological polar surface area (TPSA) is 102 Å². The van der Waals surface area contributed by atoms with Gasteiger partial charge in [-0.1, -0.05) is 12.1 Å². The number of amides is 4. The standard InChI is InChI=1S/C19H26N4O4/c1-19(2)17(26)23(18(27)21-19)12-11-22-9-7-13(8-10-22)16(25)20-14-5-3-4-6-15(14)24/h3-6,13,24H,7-12H2,1-2H3,(H,20,25)(H,21,27). The van der Waals surface area contributed by atoms with Crippen molar-refractivity contribution in [1.82, 2.24) is 15.1 Å². The second-order valence-electron chi connectivity index (χ2n) is 7.63. The van der Waals surface area contributed by atoms with Crippen LogP contribution in [0.25, 0.3) is 0 Å². The predicted octanol–water partition coefficient (Wildman–Crippen LogP) is 1.37. The zero-order chi connectivity index (χ0) is 19.6. The summed E-state index contributed by atoms with van der Waals surface area (Å²) in [7, 11) is 0. The lowest BCUT2D eigenvalue weighted by Crippen LogP contribution is -2.44. The van der Waals surface area contributed by atoms with E-state index >= 15 is 0 Å². The van der Waals surface area contributed by atoms with Gasteiger partial charge in [-0.25, -0.2) is 4.79 Å². The molecule has 1 aromatic carbocycles. The van der Waals surface area contributed by atoms with Gasteiger partial charge in [-0.3, -0.25) is 14.5 Å². The van der Waals surface area contributed by atoms with Gasteiger partial charge in [0.1, 0.15) is 11.3 Å². The minimum absolute atomic E-state index is 0.0553. The number of piperidine rings is 1. The lowest BCUT2D eigenvalue weighted by atomic mass is 9.95. The molecule has 2 aliphatic rings. The first kappa shape index (κ1) is 19.2. The number of carbonyl (C=O) groups excluding carboxylic acids is 3. The Labute approximate surface area is 158 Å². The van der Waals surface area contributed by atoms with E-state index in [0.29, 0.717) is 31.6 Å². The molecule has 2 heterocycles. The molecule has 0 aromatic heterocycles. The van der Waals surface area contributed by atoms with Crippen LogP contribution in [0.2, 0.25) is 0 Å². The van der Waals surface area contributed by atoms with Crippen LogP contribution in [0.4, 0.5) is 10.5 Å². The zero-order valence-electron chi connectivity index (χ0n) is 15.7. The molecule has 2 saturated heterocycles. The Morgan fingerprint density at radius 3 is 2.48 bits per heavy atom. The highest BCUT2D eigenvalue weighted by Gasteiger charge is 2.44. The molecule has 2 aliphatic heterocycles. The Hall–Kier alpha value is -2.61. The summed E-state index contributed by atoms with van der Waals surface area (Å²) in [6, 6.07) is 6.32. The maximum atomic E-state index is 12.4. The highest BCUT2D eigenvalue weighted by Crippen LogP contribution is 2.25. The Kier molecular flexibility index (Phi) is 5.36. The molecule has 2 fully saturated rings. The summed E-state index contributed by atoms with van der Waals surface area (Å²) in [6.07, 6.45) is 1.40. The average molecular weight is 374 g/mol. The van der Waals surface area contributed by atoms with Crippen LogP contribution >= 0.6 is 0 Å². The molecule has 27 heavy (non-hydrogen) atoms. The van der Waals surface area contributed by atoms with Crippen LogP contribution in [0.1, 0.15) is 26.7 Å². The van der Waals surface area contributed by atoms with Crippen molar-refractivity contribution in [3.8, 4) is 5.75 Å². The zero-order valence-corrected chi connectivity index (χ0v) is 15.7. The average Bonchev–Trinajstić information content (AvgIpc) is 2.83. The van der Waals surface area contributed by atoms with Crippen molar-refractivity contribution in [3.05, 3.63) is 24.3 Å². The Balaban J connectivity index is 1.45. The van der Waals surface area contributed by atoms with E-state index in [1.165, 1.54) is 11.0 Å². The second kappa shape index (κ2) is 7.56. The fraction of sp³-hybridized carbons (Fsp3) is 0.526. The van der Waals surface area contributed by atoms with E-state index in [4.69, 9.17) is 0 Å². The third-order valence-electron chi connectivity index (χ3n) is 5.20. The number of aromatic hydroxyl groups is 1. The number of nitrogens with zero attached hydrogens (tertiary/aromatic N) is 2. The maximum Gasteiger partial charge on any atom is 0.325 e. The highest BCUT2D eigenvalue weighted by atomic mass is 16.3. The molecule has 0 atom stereocenters. The summed E-state index contributed by atoms with van der Waals surface area (Å²) < 4.78 is 0. The van der Waals surface area contributed by atoms with Crippen LogP contribution in [0.3, 0.4) is 0 Å². The van der Waals surface area contributed by atoms with Gasteiger partial charge in [0.2, 0.25) is 5.91 Å². The summed E-state index contributed by atoms with van der Waals surface area (Å²) in [5.74, 6) is -0.354. The van der Waals surface area contributed by atoms with E-state index in [2.05, 4.69) is 15.5 Å². The van der Waals surface area contributed by atoms with Crippen LogP contribution in [-0.4, -0.2) is 64.5 Å². The van der Waals surface area contributed by atoms with E-state index in [0.717, 1.165) is 13.1 Å². The first-order valence-corrected chi connectivity index (χ1v) is 9.23. The van der Waals surface area contributed by atoms with Crippen LogP contribution < -0.4 is 10.6 Å². The number of hydrogen-bond acceptors (Lipinski definition) is 5. The minimum Gasteiger partial charge on any atom is -0.506 e. The minimum atomic E-state index is -0.842. The van der Waals surface area contributed by atoms with Crippen molar-refractivity contribution < 1.29 is 19.5 Å². The molecule has 146 valence electrons. The van der Waals surface area contributed by atoms with Gasteiger partial charge in [-0.15, -0.1) is 0 Å². The number of hydrogen-bond donors (Lipinski definition) is 3. The van der Waals surface area contributed by atoms with Gasteiger partial charge in [0, 0.05) is 19.0 Å². The summed E-state index contributed by atoms with van der Waals surface area (Å²) in [5.41, 5.74) is -0.420. The van der Waals surface area contributed by atoms with Gasteiger partial charge in [0.05, 0.1) is 5.69 Å². The van der Waals surface area contributed by atoms with Crippen molar-refractivity contribution in [3.63, 3.8) is 0 Å². The SMILES string of the molecule is CC1(C)NC(=O)N(CCN2CCC(C(=O)Nc3ccccc3O)CC2)C1=O. The molecular weight excluding hydrogens is 348 g/mol. The number of nitrogens with one attached hydrogen (secondary N) is 2. The lowest BCUT2D eigenvalue weighted by Gasteiger charge is -2.32. The molecular formula is C19H26N4O4. The molecule has 4 amide bonds. The van der Waals surface area contributed by atoms with Crippen molar-refractivity contribution in [1.29, 1.82) is 0 Å². The lowest BCUT2D eigenvalue weighted by molar-refractivity contribution is -0.130. The number of para-hydroxylation sites is 2. The quantitative estimate of drug-likeness (QED) is 0.534. The molecule has 1 aromatic rings. The third kappa shape index (κ3) is 4.21. The van der Waals surface area contributed by atoms with Crippen LogP contribution in [0, 0.1) is 5.92 Å². The summed E-state index contributed by atoms with van der Waals surface area (Å²) >= 11 is 0. The van der Waals surface area contributed by atoms with Crippen LogP contribution in [-0.2, 0) is 9.59 Å². The Morgan fingerprint density at radius 1 is 1.22 bits per heavy atom. The maximum absolute atomic E-state index is 12.4. The number of benzene rings is 1. The molecule has 8 heteroatoms. The molecule has 3 N–H and O–H groups in total. The largest absolute Gasteiger partial charge is 0.506 e. The summed E-state index contributed by atoms with van der Waals surface area (Å²) in [5, 5.41) is 15.2. The second-order valence-corrected chi connectivity index (χ2v) is 7.63. The Morgan fingerprint density at radius 2 is 1.89 bits per heavy atom. The monoisotopic (exact) mass is 374 g/mol. The summed E-state index contributed by atoms with van der Waals surface area (Å²) in [4.78, 5) is 39.9. The predicted molar refractivity (Wildman–Crippen MR) is 100 cm³/mol. The van der Waals surface area contributed by atoms with Gasteiger partial charge < -0.3 is 20.6 Å². The van der Waals surface area contributed by atoms with Gasteiger partial charge in [-0.05, 0) is 51.9 Å². The first-order valence-electron chi connectivity index (χ1n) is 9.23. The fourth-order valence-electron chi connectivity index (χ4n) is 3.50. The molecule has 0 radical (unpaired) electrons. The molecule has 0 aliphatic carbocycles. The van der Waals surface area contributed by atoms with E-state index in [9.17, 15) is 19.5 Å². The molecule has 0 spiro atoms. The van der Waals surface area contributed by atoms with E-state index in [1.807, 2.05) is 0 Å². The van der Waals surface area contributed by atoms with Gasteiger partial charge in [0.25, 0.3) is 5.91 Å². The molecule has 0 bridgehead atoms. The van der Waals surface area contributed by atoms with E-state index in [1.54, 1.807) is 32.0 Å². The number of rotatable bonds is 5. The Bertz CT molecular complexity index is 741. The third-order valence-corrected chi connectivity index (χ3v) is 5.20. The molecule has 8 nitrogen and oxygen atoms in total. The van der Waals surface area contributed by atoms with Crippen molar-refractivity contribution in [2.24, 2.45) is 5.92 Å². The normalized spacial score (nSPS) is 20.6. The van der Waals surface area contributed by atoms with Gasteiger partial charge >= 0.3 is 6.03 Å². The number of likely N-dealkylation sites (tertiary alicyclic amines) is 1. The first-order chi connectivity index (χ1) is 12.8. The number of phenols is 1. The number of urea groups is 1. The van der Waals surface area contributed by atoms with Crippen molar-refractivity contribution in [2.75, 3.05) is 31.5 Å². The van der Waals surface area contributed by atoms with Crippen molar-refractivity contribution in [2.45, 2.75) is 32.2 Å². The number of anilines is 1. The van der Waals surface area contributed by atoms with Gasteiger partial charge in [0.15, 0.2) is 0 Å². The number of imide groups is 1. The molecule has 3 rings (SSSR count). The van der Waals surface area contributed by atoms with E-state index < -0.39 is 5.54 Å². The van der Waals surface area contributed by atoms with Crippen molar-refractivity contribution >= 4 is 23.5 Å². The molecule has 0 saturated carbocycles. The fourth-order valence-corrected chi connectivity index (χ4v) is 3.50. The van der Waals surface area contributed by atoms with Crippen LogP contribution in [0.5, 0.6) is 5.75 Å². The summed E-state index contributed by atoms with van der Waals surface area (Å²) in [6.45, 7) is 5.80. The van der Waals surface area contributed by atoms with E-state index in [-0.39, 0.29) is 29.5 Å². The highest BCUT2D eigenvalue weighted by molar-refractivity contribution is 6.06. The van der Waals surface area contributed by atoms with Gasteiger partial charge in [-0.2, -0.15) is 0 Å². The number of phenolic OH excluding ortho intramolecular Hbond substituents is 1. The smallest absolute Gasteiger partial charge is 0.325 e. The van der Waals surface area contributed by atoms with Crippen LogP contribution in [0.15, 0.2) is 24.3 Å².